The van der Waals surface area contributed by atoms with Gasteiger partial charge in [0.05, 0.1) is 6.10 Å². The largest absolute Gasteiger partial charge is 0.458 e. The van der Waals surface area contributed by atoms with Crippen molar-refractivity contribution in [3.8, 4) is 11.6 Å². The van der Waals surface area contributed by atoms with Gasteiger partial charge in [0.2, 0.25) is 5.82 Å². The van der Waals surface area contributed by atoms with E-state index in [1.807, 2.05) is 0 Å². The summed E-state index contributed by atoms with van der Waals surface area (Å²) in [4.78, 5) is 4.24. The molecule has 0 radical (unpaired) electrons. The van der Waals surface area contributed by atoms with Gasteiger partial charge in [-0.25, -0.2) is 9.67 Å². The van der Waals surface area contributed by atoms with Crippen molar-refractivity contribution in [1.82, 2.24) is 14.8 Å². The highest BCUT2D eigenvalue weighted by Gasteiger charge is 2.31. The van der Waals surface area contributed by atoms with Gasteiger partial charge in [0.15, 0.2) is 5.76 Å². The van der Waals surface area contributed by atoms with E-state index < -0.39 is 12.7 Å². The van der Waals surface area contributed by atoms with Gasteiger partial charge < -0.3 is 9.15 Å². The van der Waals surface area contributed by atoms with Crippen LogP contribution in [0.4, 0.5) is 13.2 Å². The van der Waals surface area contributed by atoms with Crippen molar-refractivity contribution in [3.05, 3.63) is 23.7 Å². The fourth-order valence-corrected chi connectivity index (χ4v) is 2.68. The minimum absolute atomic E-state index is 0.0975. The van der Waals surface area contributed by atoms with E-state index in [-0.39, 0.29) is 11.9 Å². The second-order valence-corrected chi connectivity index (χ2v) is 5.71. The summed E-state index contributed by atoms with van der Waals surface area (Å²) in [5.41, 5.74) is 0. The number of alkyl halides is 3. The lowest BCUT2D eigenvalue weighted by Crippen LogP contribution is -2.21. The first-order valence-electron chi connectivity index (χ1n) is 7.59. The number of ether oxygens (including phenoxy) is 1. The molecule has 3 heterocycles. The van der Waals surface area contributed by atoms with E-state index >= 15 is 0 Å². The Morgan fingerprint density at radius 3 is 2.78 bits per heavy atom. The first-order chi connectivity index (χ1) is 10.9. The third kappa shape index (κ3) is 4.13. The van der Waals surface area contributed by atoms with Crippen LogP contribution in [-0.4, -0.2) is 33.7 Å². The normalized spacial score (nSPS) is 18.7. The molecule has 5 nitrogen and oxygen atoms in total. The Morgan fingerprint density at radius 2 is 2.17 bits per heavy atom. The molecule has 1 atom stereocenters. The van der Waals surface area contributed by atoms with E-state index in [1.54, 1.807) is 19.1 Å². The van der Waals surface area contributed by atoms with Crippen LogP contribution in [0.2, 0.25) is 0 Å². The predicted octanol–water partition coefficient (Wildman–Crippen LogP) is 3.52. The van der Waals surface area contributed by atoms with Gasteiger partial charge in [0.1, 0.15) is 18.1 Å². The molecule has 23 heavy (non-hydrogen) atoms. The molecule has 0 unspecified atom stereocenters. The van der Waals surface area contributed by atoms with Crippen LogP contribution in [0.3, 0.4) is 0 Å². The van der Waals surface area contributed by atoms with Crippen molar-refractivity contribution >= 4 is 0 Å². The Bertz CT molecular complexity index is 657. The standard InChI is InChI=1S/C15H18F3N3O2/c1-10-4-6-12(23-10)14-19-13(7-5-11-3-2-8-22-11)21(20-14)9-15(16,17)18/h4,6,11H,2-3,5,7-9H2,1H3/t11-/m1/s1. The molecule has 126 valence electrons. The van der Waals surface area contributed by atoms with Crippen LogP contribution in [0, 0.1) is 6.92 Å². The molecule has 2 aromatic rings. The number of nitrogens with zero attached hydrogens (tertiary/aromatic N) is 3. The van der Waals surface area contributed by atoms with E-state index in [0.29, 0.717) is 30.2 Å². The quantitative estimate of drug-likeness (QED) is 0.842. The van der Waals surface area contributed by atoms with Gasteiger partial charge in [-0.2, -0.15) is 13.2 Å². The second-order valence-electron chi connectivity index (χ2n) is 5.71. The minimum Gasteiger partial charge on any atom is -0.458 e. The van der Waals surface area contributed by atoms with Crippen LogP contribution in [-0.2, 0) is 17.7 Å². The molecule has 0 amide bonds. The van der Waals surface area contributed by atoms with E-state index in [2.05, 4.69) is 10.1 Å². The van der Waals surface area contributed by atoms with Gasteiger partial charge in [0.25, 0.3) is 0 Å². The van der Waals surface area contributed by atoms with Gasteiger partial charge in [-0.05, 0) is 38.3 Å². The zero-order chi connectivity index (χ0) is 16.4. The van der Waals surface area contributed by atoms with Crippen LogP contribution in [0.15, 0.2) is 16.5 Å². The smallest absolute Gasteiger partial charge is 0.408 e. The molecule has 0 N–H and O–H groups in total. The maximum atomic E-state index is 12.7. The third-order valence-corrected chi connectivity index (χ3v) is 3.75. The van der Waals surface area contributed by atoms with Crippen molar-refractivity contribution in [1.29, 1.82) is 0 Å². The number of hydrogen-bond acceptors (Lipinski definition) is 4. The molecule has 1 fully saturated rings. The summed E-state index contributed by atoms with van der Waals surface area (Å²) in [5.74, 6) is 1.53. The summed E-state index contributed by atoms with van der Waals surface area (Å²) in [5, 5.41) is 3.98. The van der Waals surface area contributed by atoms with Crippen molar-refractivity contribution in [3.63, 3.8) is 0 Å². The Hall–Kier alpha value is -1.83. The molecule has 1 aliphatic heterocycles. The Balaban J connectivity index is 1.80. The van der Waals surface area contributed by atoms with Crippen molar-refractivity contribution in [2.75, 3.05) is 6.61 Å². The van der Waals surface area contributed by atoms with Crippen LogP contribution >= 0.6 is 0 Å². The summed E-state index contributed by atoms with van der Waals surface area (Å²) in [6, 6.07) is 3.39. The average Bonchev–Trinajstić information content (AvgIpc) is 3.15. The Labute approximate surface area is 131 Å². The Morgan fingerprint density at radius 1 is 1.35 bits per heavy atom. The molecule has 0 bridgehead atoms. The first kappa shape index (κ1) is 16.0. The van der Waals surface area contributed by atoms with Crippen LogP contribution in [0.1, 0.15) is 30.8 Å². The summed E-state index contributed by atoms with van der Waals surface area (Å²) in [6.07, 6.45) is -1.27. The number of halogens is 3. The van der Waals surface area contributed by atoms with Gasteiger partial charge in [0, 0.05) is 13.0 Å². The predicted molar refractivity (Wildman–Crippen MR) is 75.8 cm³/mol. The highest BCUT2D eigenvalue weighted by Crippen LogP contribution is 2.24. The fourth-order valence-electron chi connectivity index (χ4n) is 2.68. The number of aromatic nitrogens is 3. The van der Waals surface area contributed by atoms with Gasteiger partial charge in [-0.15, -0.1) is 5.10 Å². The lowest BCUT2D eigenvalue weighted by molar-refractivity contribution is -0.143. The molecule has 0 spiro atoms. The minimum atomic E-state index is -4.34. The number of rotatable bonds is 5. The van der Waals surface area contributed by atoms with E-state index in [9.17, 15) is 13.2 Å². The highest BCUT2D eigenvalue weighted by atomic mass is 19.4. The van der Waals surface area contributed by atoms with Crippen molar-refractivity contribution < 1.29 is 22.3 Å². The Kier molecular flexibility index (Phi) is 4.43. The molecular formula is C15H18F3N3O2. The molecule has 0 aromatic carbocycles. The zero-order valence-electron chi connectivity index (χ0n) is 12.8. The summed E-state index contributed by atoms with van der Waals surface area (Å²) < 4.78 is 50.1. The lowest BCUT2D eigenvalue weighted by atomic mass is 10.1. The molecule has 3 rings (SSSR count). The zero-order valence-corrected chi connectivity index (χ0v) is 12.8. The maximum Gasteiger partial charge on any atom is 0.408 e. The summed E-state index contributed by atoms with van der Waals surface area (Å²) >= 11 is 0. The molecular weight excluding hydrogens is 311 g/mol. The molecule has 1 saturated heterocycles. The van der Waals surface area contributed by atoms with Crippen molar-refractivity contribution in [2.45, 2.75) is 51.4 Å². The maximum absolute atomic E-state index is 12.7. The fraction of sp³-hybridized carbons (Fsp3) is 0.600. The van der Waals surface area contributed by atoms with Gasteiger partial charge in [-0.1, -0.05) is 0 Å². The second kappa shape index (κ2) is 6.35. The molecule has 8 heteroatoms. The third-order valence-electron chi connectivity index (χ3n) is 3.75. The molecule has 0 saturated carbocycles. The van der Waals surface area contributed by atoms with Crippen LogP contribution < -0.4 is 0 Å². The lowest BCUT2D eigenvalue weighted by Gasteiger charge is -2.11. The average molecular weight is 329 g/mol. The highest BCUT2D eigenvalue weighted by molar-refractivity contribution is 5.46. The first-order valence-corrected chi connectivity index (χ1v) is 7.59. The van der Waals surface area contributed by atoms with Gasteiger partial charge in [-0.3, -0.25) is 0 Å². The van der Waals surface area contributed by atoms with Crippen LogP contribution in [0.25, 0.3) is 11.6 Å². The molecule has 2 aromatic heterocycles. The van der Waals surface area contributed by atoms with Crippen molar-refractivity contribution in [2.24, 2.45) is 0 Å². The number of hydrogen-bond donors (Lipinski definition) is 0. The number of furan rings is 1. The van der Waals surface area contributed by atoms with E-state index in [4.69, 9.17) is 9.15 Å². The molecule has 0 aliphatic carbocycles. The summed E-state index contributed by atoms with van der Waals surface area (Å²) in [7, 11) is 0. The number of aryl methyl sites for hydroxylation is 2. The van der Waals surface area contributed by atoms with E-state index in [1.165, 1.54) is 0 Å². The monoisotopic (exact) mass is 329 g/mol. The van der Waals surface area contributed by atoms with Gasteiger partial charge >= 0.3 is 6.18 Å². The SMILES string of the molecule is Cc1ccc(-c2nc(CC[C@H]3CCCO3)n(CC(F)(F)F)n2)o1. The molecule has 1 aliphatic rings. The topological polar surface area (TPSA) is 53.1 Å². The van der Waals surface area contributed by atoms with Crippen LogP contribution in [0.5, 0.6) is 0 Å². The van der Waals surface area contributed by atoms with E-state index in [0.717, 1.165) is 24.1 Å². The summed E-state index contributed by atoms with van der Waals surface area (Å²) in [6.45, 7) is 1.33.